The summed E-state index contributed by atoms with van der Waals surface area (Å²) in [5, 5.41) is 0. The van der Waals surface area contributed by atoms with Crippen LogP contribution in [0.25, 0.3) is 0 Å². The van der Waals surface area contributed by atoms with Crippen LogP contribution in [0.1, 0.15) is 19.4 Å². The summed E-state index contributed by atoms with van der Waals surface area (Å²) in [6.07, 6.45) is 0. The molecule has 0 radical (unpaired) electrons. The fourth-order valence-electron chi connectivity index (χ4n) is 2.59. The molecule has 19 heavy (non-hydrogen) atoms. The number of nitrogens with zero attached hydrogens (tertiary/aromatic N) is 1. The van der Waals surface area contributed by atoms with Crippen molar-refractivity contribution in [3.8, 4) is 0 Å². The maximum Gasteiger partial charge on any atom is 0.130 e. The molecule has 1 heterocycles. The molecule has 1 saturated heterocycles. The number of halogens is 2. The summed E-state index contributed by atoms with van der Waals surface area (Å²) in [4.78, 5) is 2.07. The van der Waals surface area contributed by atoms with Gasteiger partial charge in [-0.05, 0) is 27.0 Å². The van der Waals surface area contributed by atoms with E-state index in [1.807, 2.05) is 7.05 Å². The lowest BCUT2D eigenvalue weighted by Crippen LogP contribution is -2.35. The number of nitrogens with one attached hydrogen (secondary N) is 2. The van der Waals surface area contributed by atoms with E-state index in [2.05, 4.69) is 29.6 Å². The first kappa shape index (κ1) is 14.4. The van der Waals surface area contributed by atoms with Gasteiger partial charge in [-0.25, -0.2) is 8.78 Å². The second-order valence-electron chi connectivity index (χ2n) is 5.46. The van der Waals surface area contributed by atoms with Crippen LogP contribution in [0.15, 0.2) is 18.2 Å². The minimum absolute atomic E-state index is 0.385. The van der Waals surface area contributed by atoms with Gasteiger partial charge in [-0.1, -0.05) is 6.07 Å². The van der Waals surface area contributed by atoms with Gasteiger partial charge in [-0.3, -0.25) is 10.9 Å². The van der Waals surface area contributed by atoms with Crippen molar-refractivity contribution in [1.82, 2.24) is 15.8 Å². The van der Waals surface area contributed by atoms with Crippen molar-refractivity contribution in [3.05, 3.63) is 35.4 Å². The number of rotatable bonds is 4. The fourth-order valence-corrected chi connectivity index (χ4v) is 2.59. The lowest BCUT2D eigenvalue weighted by atomic mass is 9.96. The summed E-state index contributed by atoms with van der Waals surface area (Å²) < 4.78 is 26.4. The SMILES string of the molecule is CC1NNC(C)C1CN(C)Cc1ccc(F)cc1F. The Morgan fingerprint density at radius 2 is 1.79 bits per heavy atom. The largest absolute Gasteiger partial charge is 0.302 e. The first-order valence-electron chi connectivity index (χ1n) is 6.61. The zero-order valence-electron chi connectivity index (χ0n) is 11.6. The number of hydrogen-bond donors (Lipinski definition) is 2. The normalized spacial score (nSPS) is 27.2. The Hall–Kier alpha value is -1.04. The highest BCUT2D eigenvalue weighted by Gasteiger charge is 2.30. The van der Waals surface area contributed by atoms with E-state index in [9.17, 15) is 8.78 Å². The summed E-state index contributed by atoms with van der Waals surface area (Å²) in [6, 6.07) is 4.52. The molecule has 1 aromatic carbocycles. The van der Waals surface area contributed by atoms with E-state index >= 15 is 0 Å². The van der Waals surface area contributed by atoms with Gasteiger partial charge in [0.2, 0.25) is 0 Å². The van der Waals surface area contributed by atoms with Crippen LogP contribution in [0.2, 0.25) is 0 Å². The standard InChI is InChI=1S/C14H21F2N3/c1-9-13(10(2)18-17-9)8-19(3)7-11-4-5-12(15)6-14(11)16/h4-6,9-10,13,17-18H,7-8H2,1-3H3. The van der Waals surface area contributed by atoms with Crippen molar-refractivity contribution in [3.63, 3.8) is 0 Å². The topological polar surface area (TPSA) is 27.3 Å². The van der Waals surface area contributed by atoms with E-state index in [4.69, 9.17) is 0 Å². The van der Waals surface area contributed by atoms with Crippen LogP contribution in [0.3, 0.4) is 0 Å². The van der Waals surface area contributed by atoms with Crippen LogP contribution in [0.4, 0.5) is 8.78 Å². The highest BCUT2D eigenvalue weighted by Crippen LogP contribution is 2.17. The van der Waals surface area contributed by atoms with E-state index in [1.54, 1.807) is 0 Å². The third-order valence-corrected chi connectivity index (χ3v) is 3.80. The number of benzene rings is 1. The number of hydrazine groups is 1. The van der Waals surface area contributed by atoms with E-state index < -0.39 is 11.6 Å². The van der Waals surface area contributed by atoms with Gasteiger partial charge in [0.25, 0.3) is 0 Å². The van der Waals surface area contributed by atoms with Crippen molar-refractivity contribution in [1.29, 1.82) is 0 Å². The molecule has 1 fully saturated rings. The molecule has 2 rings (SSSR count). The first-order chi connectivity index (χ1) is 8.97. The molecule has 0 aromatic heterocycles. The minimum atomic E-state index is -0.532. The summed E-state index contributed by atoms with van der Waals surface area (Å²) in [5.74, 6) is -0.542. The zero-order chi connectivity index (χ0) is 14.0. The first-order valence-corrected chi connectivity index (χ1v) is 6.61. The molecule has 1 aromatic rings. The van der Waals surface area contributed by atoms with Crippen molar-refractivity contribution >= 4 is 0 Å². The van der Waals surface area contributed by atoms with E-state index in [0.717, 1.165) is 12.6 Å². The second kappa shape index (κ2) is 5.94. The van der Waals surface area contributed by atoms with E-state index in [0.29, 0.717) is 30.1 Å². The van der Waals surface area contributed by atoms with Gasteiger partial charge in [0.05, 0.1) is 0 Å². The van der Waals surface area contributed by atoms with Crippen LogP contribution in [0.5, 0.6) is 0 Å². The molecule has 1 aliphatic heterocycles. The summed E-state index contributed by atoms with van der Waals surface area (Å²) in [5.41, 5.74) is 6.94. The summed E-state index contributed by atoms with van der Waals surface area (Å²) in [6.45, 7) is 5.61. The van der Waals surface area contributed by atoms with Gasteiger partial charge in [-0.15, -0.1) is 0 Å². The highest BCUT2D eigenvalue weighted by molar-refractivity contribution is 5.18. The molecule has 106 valence electrons. The maximum atomic E-state index is 13.6. The van der Waals surface area contributed by atoms with Crippen LogP contribution in [0, 0.1) is 17.6 Å². The lowest BCUT2D eigenvalue weighted by Gasteiger charge is -2.25. The molecule has 2 atom stereocenters. The van der Waals surface area contributed by atoms with Gasteiger partial charge >= 0.3 is 0 Å². The number of hydrogen-bond acceptors (Lipinski definition) is 3. The van der Waals surface area contributed by atoms with Gasteiger partial charge in [0, 0.05) is 42.7 Å². The predicted octanol–water partition coefficient (Wildman–Crippen LogP) is 1.90. The molecular formula is C14H21F2N3. The highest BCUT2D eigenvalue weighted by atomic mass is 19.1. The van der Waals surface area contributed by atoms with Gasteiger partial charge < -0.3 is 4.90 Å². The molecule has 5 heteroatoms. The predicted molar refractivity (Wildman–Crippen MR) is 71.4 cm³/mol. The van der Waals surface area contributed by atoms with Gasteiger partial charge in [-0.2, -0.15) is 0 Å². The third-order valence-electron chi connectivity index (χ3n) is 3.80. The van der Waals surface area contributed by atoms with Crippen LogP contribution < -0.4 is 10.9 Å². The van der Waals surface area contributed by atoms with E-state index in [-0.39, 0.29) is 0 Å². The van der Waals surface area contributed by atoms with Crippen molar-refractivity contribution < 1.29 is 8.78 Å². The van der Waals surface area contributed by atoms with Crippen molar-refractivity contribution in [2.75, 3.05) is 13.6 Å². The Kier molecular flexibility index (Phi) is 4.50. The quantitative estimate of drug-likeness (QED) is 0.874. The second-order valence-corrected chi connectivity index (χ2v) is 5.46. The minimum Gasteiger partial charge on any atom is -0.302 e. The average Bonchev–Trinajstić information content (AvgIpc) is 2.65. The van der Waals surface area contributed by atoms with Crippen LogP contribution in [-0.2, 0) is 6.54 Å². The molecular weight excluding hydrogens is 248 g/mol. The summed E-state index contributed by atoms with van der Waals surface area (Å²) >= 11 is 0. The Labute approximate surface area is 113 Å². The monoisotopic (exact) mass is 269 g/mol. The van der Waals surface area contributed by atoms with Gasteiger partial charge in [0.15, 0.2) is 0 Å². The third kappa shape index (κ3) is 3.49. The van der Waals surface area contributed by atoms with Crippen LogP contribution >= 0.6 is 0 Å². The average molecular weight is 269 g/mol. The Morgan fingerprint density at radius 3 is 2.37 bits per heavy atom. The Bertz CT molecular complexity index is 429. The maximum absolute atomic E-state index is 13.6. The molecule has 2 unspecified atom stereocenters. The smallest absolute Gasteiger partial charge is 0.130 e. The Morgan fingerprint density at radius 1 is 1.16 bits per heavy atom. The molecule has 1 aliphatic rings. The lowest BCUT2D eigenvalue weighted by molar-refractivity contribution is 0.246. The van der Waals surface area contributed by atoms with Crippen molar-refractivity contribution in [2.45, 2.75) is 32.5 Å². The molecule has 0 bridgehead atoms. The molecule has 0 aliphatic carbocycles. The summed E-state index contributed by atoms with van der Waals surface area (Å²) in [7, 11) is 1.96. The Balaban J connectivity index is 1.95. The zero-order valence-corrected chi connectivity index (χ0v) is 11.6. The molecule has 0 spiro atoms. The molecule has 0 saturated carbocycles. The van der Waals surface area contributed by atoms with Crippen molar-refractivity contribution in [2.24, 2.45) is 5.92 Å². The molecule has 0 amide bonds. The molecule has 3 nitrogen and oxygen atoms in total. The molecule has 2 N–H and O–H groups in total. The van der Waals surface area contributed by atoms with Crippen LogP contribution in [-0.4, -0.2) is 30.6 Å². The fraction of sp³-hybridized carbons (Fsp3) is 0.571. The van der Waals surface area contributed by atoms with Gasteiger partial charge in [0.1, 0.15) is 11.6 Å². The van der Waals surface area contributed by atoms with E-state index in [1.165, 1.54) is 12.1 Å².